The van der Waals surface area contributed by atoms with Crippen molar-refractivity contribution in [2.24, 2.45) is 5.73 Å². The first-order chi connectivity index (χ1) is 9.16. The zero-order valence-electron chi connectivity index (χ0n) is 10.2. The number of rotatable bonds is 5. The van der Waals surface area contributed by atoms with Gasteiger partial charge in [-0.05, 0) is 23.8 Å². The Kier molecular flexibility index (Phi) is 4.10. The summed E-state index contributed by atoms with van der Waals surface area (Å²) < 4.78 is 5.57. The van der Waals surface area contributed by atoms with Crippen LogP contribution in [-0.2, 0) is 11.4 Å². The monoisotopic (exact) mass is 258 g/mol. The summed E-state index contributed by atoms with van der Waals surface area (Å²) in [5.74, 6) is -0.484. The van der Waals surface area contributed by atoms with Crippen molar-refractivity contribution in [3.8, 4) is 5.75 Å². The van der Waals surface area contributed by atoms with Crippen molar-refractivity contribution in [2.75, 3.05) is 0 Å². The van der Waals surface area contributed by atoms with E-state index in [0.29, 0.717) is 17.9 Å². The molecule has 0 amide bonds. The molecule has 0 unspecified atom stereocenters. The van der Waals surface area contributed by atoms with Crippen molar-refractivity contribution in [3.63, 3.8) is 0 Å². The van der Waals surface area contributed by atoms with Crippen LogP contribution in [-0.4, -0.2) is 16.1 Å². The van der Waals surface area contributed by atoms with E-state index in [-0.39, 0.29) is 0 Å². The second-order valence-corrected chi connectivity index (χ2v) is 4.04. The first kappa shape index (κ1) is 13.0. The minimum Gasteiger partial charge on any atom is -0.489 e. The van der Waals surface area contributed by atoms with Crippen LogP contribution in [0.2, 0.25) is 0 Å². The molecule has 2 rings (SSSR count). The summed E-state index contributed by atoms with van der Waals surface area (Å²) in [6.45, 7) is 0.375. The van der Waals surface area contributed by atoms with Gasteiger partial charge in [-0.25, -0.2) is 0 Å². The van der Waals surface area contributed by atoms with E-state index in [1.165, 1.54) is 0 Å². The average molecular weight is 258 g/mol. The van der Waals surface area contributed by atoms with E-state index in [1.807, 2.05) is 12.1 Å². The van der Waals surface area contributed by atoms with Crippen LogP contribution in [0.1, 0.15) is 17.2 Å². The molecule has 5 nitrogen and oxygen atoms in total. The largest absolute Gasteiger partial charge is 0.489 e. The van der Waals surface area contributed by atoms with Gasteiger partial charge in [0.05, 0.1) is 0 Å². The minimum absolute atomic E-state index is 0.375. The highest BCUT2D eigenvalue weighted by atomic mass is 16.5. The second kappa shape index (κ2) is 5.97. The summed E-state index contributed by atoms with van der Waals surface area (Å²) in [6.07, 6.45) is 3.41. The van der Waals surface area contributed by atoms with Crippen LogP contribution < -0.4 is 10.5 Å². The van der Waals surface area contributed by atoms with Crippen LogP contribution in [0, 0.1) is 0 Å². The maximum Gasteiger partial charge on any atom is 0.325 e. The molecule has 0 aliphatic rings. The van der Waals surface area contributed by atoms with Crippen molar-refractivity contribution in [3.05, 3.63) is 59.9 Å². The molecule has 0 saturated heterocycles. The fourth-order valence-electron chi connectivity index (χ4n) is 1.59. The number of aromatic nitrogens is 1. The number of hydrogen-bond acceptors (Lipinski definition) is 4. The van der Waals surface area contributed by atoms with Crippen molar-refractivity contribution >= 4 is 5.97 Å². The predicted octanol–water partition coefficient (Wildman–Crippen LogP) is 1.74. The molecular weight excluding hydrogens is 244 g/mol. The summed E-state index contributed by atoms with van der Waals surface area (Å²) in [5, 5.41) is 8.86. The number of nitrogens with zero attached hydrogens (tertiary/aromatic N) is 1. The Morgan fingerprint density at radius 2 is 2.21 bits per heavy atom. The number of carbonyl (C=O) groups is 1. The maximum absolute atomic E-state index is 10.8. The molecule has 0 aliphatic carbocycles. The zero-order chi connectivity index (χ0) is 13.7. The van der Waals surface area contributed by atoms with Crippen molar-refractivity contribution in [2.45, 2.75) is 12.6 Å². The van der Waals surface area contributed by atoms with E-state index in [4.69, 9.17) is 15.6 Å². The van der Waals surface area contributed by atoms with E-state index < -0.39 is 12.0 Å². The zero-order valence-corrected chi connectivity index (χ0v) is 10.2. The molecule has 98 valence electrons. The number of carboxylic acids is 1. The average Bonchev–Trinajstić information content (AvgIpc) is 2.45. The van der Waals surface area contributed by atoms with Gasteiger partial charge in [0.15, 0.2) is 0 Å². The normalized spacial score (nSPS) is 11.8. The second-order valence-electron chi connectivity index (χ2n) is 4.04. The third-order valence-corrected chi connectivity index (χ3v) is 2.61. The van der Waals surface area contributed by atoms with Crippen LogP contribution in [0.5, 0.6) is 5.75 Å². The minimum atomic E-state index is -1.07. The van der Waals surface area contributed by atoms with E-state index >= 15 is 0 Å². The van der Waals surface area contributed by atoms with Crippen molar-refractivity contribution in [1.29, 1.82) is 0 Å². The number of nitrogens with two attached hydrogens (primary N) is 1. The molecule has 0 bridgehead atoms. The van der Waals surface area contributed by atoms with Crippen LogP contribution in [0.15, 0.2) is 48.8 Å². The molecule has 0 spiro atoms. The molecule has 5 heteroatoms. The van der Waals surface area contributed by atoms with E-state index in [0.717, 1.165) is 5.56 Å². The Bertz CT molecular complexity index is 558. The van der Waals surface area contributed by atoms with E-state index in [2.05, 4.69) is 4.98 Å². The quantitative estimate of drug-likeness (QED) is 0.853. The molecule has 0 aliphatic heterocycles. The number of carboxylic acid groups (broad SMARTS) is 1. The molecule has 19 heavy (non-hydrogen) atoms. The number of benzene rings is 1. The Hall–Kier alpha value is -2.40. The Balaban J connectivity index is 2.05. The first-order valence-electron chi connectivity index (χ1n) is 5.77. The van der Waals surface area contributed by atoms with E-state index in [1.54, 1.807) is 36.7 Å². The van der Waals surface area contributed by atoms with Gasteiger partial charge >= 0.3 is 5.97 Å². The lowest BCUT2D eigenvalue weighted by molar-refractivity contribution is -0.138. The van der Waals surface area contributed by atoms with Crippen molar-refractivity contribution in [1.82, 2.24) is 4.98 Å². The van der Waals surface area contributed by atoms with Gasteiger partial charge in [-0.3, -0.25) is 9.78 Å². The highest BCUT2D eigenvalue weighted by Crippen LogP contribution is 2.19. The Morgan fingerprint density at radius 1 is 1.37 bits per heavy atom. The maximum atomic E-state index is 10.8. The Labute approximate surface area is 110 Å². The molecule has 1 atom stereocenters. The van der Waals surface area contributed by atoms with Gasteiger partial charge in [0.25, 0.3) is 0 Å². The van der Waals surface area contributed by atoms with Gasteiger partial charge in [0.1, 0.15) is 18.4 Å². The topological polar surface area (TPSA) is 85.4 Å². The van der Waals surface area contributed by atoms with Gasteiger partial charge in [-0.1, -0.05) is 18.2 Å². The molecule has 0 fully saturated rings. The van der Waals surface area contributed by atoms with Crippen molar-refractivity contribution < 1.29 is 14.6 Å². The van der Waals surface area contributed by atoms with Crippen LogP contribution in [0.4, 0.5) is 0 Å². The molecule has 2 aromatic rings. The molecule has 1 heterocycles. The van der Waals surface area contributed by atoms with Gasteiger partial charge in [0, 0.05) is 18.0 Å². The van der Waals surface area contributed by atoms with Crippen LogP contribution in [0.25, 0.3) is 0 Å². The smallest absolute Gasteiger partial charge is 0.325 e. The lowest BCUT2D eigenvalue weighted by Gasteiger charge is -2.10. The van der Waals surface area contributed by atoms with Gasteiger partial charge in [-0.15, -0.1) is 0 Å². The first-order valence-corrected chi connectivity index (χ1v) is 5.77. The number of pyridine rings is 1. The van der Waals surface area contributed by atoms with Gasteiger partial charge in [0.2, 0.25) is 0 Å². The number of ether oxygens (including phenoxy) is 1. The van der Waals surface area contributed by atoms with Crippen LogP contribution in [0.3, 0.4) is 0 Å². The molecule has 1 aromatic heterocycles. The SMILES string of the molecule is N[C@H](C(=O)O)c1cccc(OCc2cccnc2)c1. The standard InChI is InChI=1S/C14H14N2O3/c15-13(14(17)18)11-4-1-5-12(7-11)19-9-10-3-2-6-16-8-10/h1-8,13H,9,15H2,(H,17,18)/t13-/m0/s1. The fraction of sp³-hybridized carbons (Fsp3) is 0.143. The van der Waals surface area contributed by atoms with E-state index in [9.17, 15) is 4.79 Å². The Morgan fingerprint density at radius 3 is 2.89 bits per heavy atom. The third kappa shape index (κ3) is 3.53. The highest BCUT2D eigenvalue weighted by molar-refractivity contribution is 5.75. The van der Waals surface area contributed by atoms with Gasteiger partial charge in [-0.2, -0.15) is 0 Å². The molecule has 1 aromatic carbocycles. The number of hydrogen-bond donors (Lipinski definition) is 2. The molecule has 3 N–H and O–H groups in total. The summed E-state index contributed by atoms with van der Waals surface area (Å²) in [7, 11) is 0. The fourth-order valence-corrected chi connectivity index (χ4v) is 1.59. The van der Waals surface area contributed by atoms with Crippen LogP contribution >= 0.6 is 0 Å². The summed E-state index contributed by atoms with van der Waals surface area (Å²) >= 11 is 0. The lowest BCUT2D eigenvalue weighted by Crippen LogP contribution is -2.20. The predicted molar refractivity (Wildman–Crippen MR) is 69.6 cm³/mol. The molecule has 0 radical (unpaired) electrons. The van der Waals surface area contributed by atoms with Gasteiger partial charge < -0.3 is 15.6 Å². The summed E-state index contributed by atoms with van der Waals surface area (Å²) in [5.41, 5.74) is 7.00. The molecular formula is C14H14N2O3. The summed E-state index contributed by atoms with van der Waals surface area (Å²) in [4.78, 5) is 14.8. The lowest BCUT2D eigenvalue weighted by atomic mass is 10.1. The highest BCUT2D eigenvalue weighted by Gasteiger charge is 2.14. The third-order valence-electron chi connectivity index (χ3n) is 2.61. The number of aliphatic carboxylic acids is 1. The summed E-state index contributed by atoms with van der Waals surface area (Å²) in [6, 6.07) is 9.47. The molecule has 0 saturated carbocycles.